The van der Waals surface area contributed by atoms with Gasteiger partial charge in [0.25, 0.3) is 0 Å². The third-order valence-corrected chi connectivity index (χ3v) is 3.42. The fourth-order valence-electron chi connectivity index (χ4n) is 1.77. The Morgan fingerprint density at radius 2 is 2.29 bits per heavy atom. The minimum Gasteiger partial charge on any atom is -0.334 e. The van der Waals surface area contributed by atoms with Gasteiger partial charge in [0.2, 0.25) is 0 Å². The zero-order valence-corrected chi connectivity index (χ0v) is 10.0. The maximum Gasteiger partial charge on any atom is 0.197 e. The lowest BCUT2D eigenvalue weighted by atomic mass is 10.1. The van der Waals surface area contributed by atoms with Gasteiger partial charge >= 0.3 is 0 Å². The second-order valence-corrected chi connectivity index (χ2v) is 4.60. The number of fused-ring (bicyclic) bond motifs is 1. The summed E-state index contributed by atoms with van der Waals surface area (Å²) in [6, 6.07) is 6.12. The smallest absolute Gasteiger partial charge is 0.197 e. The number of aromatic nitrogens is 3. The van der Waals surface area contributed by atoms with Crippen molar-refractivity contribution in [2.24, 2.45) is 12.9 Å². The monoisotopic (exact) mass is 245 g/mol. The second-order valence-electron chi connectivity index (χ2n) is 3.74. The summed E-state index contributed by atoms with van der Waals surface area (Å²) in [5.41, 5.74) is 6.59. The van der Waals surface area contributed by atoms with Crippen molar-refractivity contribution >= 4 is 27.5 Å². The van der Waals surface area contributed by atoms with Crippen LogP contribution < -0.4 is 11.3 Å². The van der Waals surface area contributed by atoms with Crippen molar-refractivity contribution in [1.82, 2.24) is 14.5 Å². The molecule has 5 nitrogen and oxygen atoms in total. The number of rotatable bonds is 2. The highest BCUT2D eigenvalue weighted by molar-refractivity contribution is 7.14. The minimum absolute atomic E-state index is 0.709. The van der Waals surface area contributed by atoms with Crippen LogP contribution in [-0.2, 0) is 7.05 Å². The molecule has 3 aromatic rings. The van der Waals surface area contributed by atoms with Crippen LogP contribution in [0.15, 0.2) is 29.9 Å². The Morgan fingerprint density at radius 3 is 3.06 bits per heavy atom. The molecule has 0 amide bonds. The maximum atomic E-state index is 5.32. The van der Waals surface area contributed by atoms with Crippen molar-refractivity contribution in [3.63, 3.8) is 0 Å². The summed E-state index contributed by atoms with van der Waals surface area (Å²) < 4.78 is 1.99. The number of nitrogens with one attached hydrogen (secondary N) is 1. The van der Waals surface area contributed by atoms with Crippen LogP contribution in [0.5, 0.6) is 0 Å². The van der Waals surface area contributed by atoms with Crippen LogP contribution in [0.2, 0.25) is 0 Å². The van der Waals surface area contributed by atoms with Gasteiger partial charge in [-0.3, -0.25) is 5.43 Å². The molecular weight excluding hydrogens is 234 g/mol. The van der Waals surface area contributed by atoms with Crippen LogP contribution in [0, 0.1) is 0 Å². The van der Waals surface area contributed by atoms with Gasteiger partial charge in [-0.15, -0.1) is 11.3 Å². The third kappa shape index (κ3) is 1.67. The molecule has 1 aromatic carbocycles. The van der Waals surface area contributed by atoms with Gasteiger partial charge in [-0.05, 0) is 12.1 Å². The normalized spacial score (nSPS) is 10.9. The molecule has 0 fully saturated rings. The van der Waals surface area contributed by atoms with Gasteiger partial charge in [-0.1, -0.05) is 6.07 Å². The molecule has 0 unspecified atom stereocenters. The summed E-state index contributed by atoms with van der Waals surface area (Å²) in [4.78, 5) is 8.69. The predicted molar refractivity (Wildman–Crippen MR) is 69.6 cm³/mol. The van der Waals surface area contributed by atoms with E-state index in [2.05, 4.69) is 15.4 Å². The Bertz CT molecular complexity index is 669. The quantitative estimate of drug-likeness (QED) is 0.535. The molecule has 0 aliphatic rings. The SMILES string of the molecule is Cn1cnc2cc(-c3csc(NN)n3)ccc21. The summed E-state index contributed by atoms with van der Waals surface area (Å²) in [7, 11) is 1.98. The zero-order chi connectivity index (χ0) is 11.8. The first-order valence-electron chi connectivity index (χ1n) is 5.11. The predicted octanol–water partition coefficient (Wildman–Crippen LogP) is 1.98. The Kier molecular flexibility index (Phi) is 2.31. The molecule has 86 valence electrons. The van der Waals surface area contributed by atoms with Crippen LogP contribution in [-0.4, -0.2) is 14.5 Å². The number of nitrogens with two attached hydrogens (primary N) is 1. The molecule has 0 aliphatic carbocycles. The van der Waals surface area contributed by atoms with Crippen molar-refractivity contribution in [1.29, 1.82) is 0 Å². The maximum absolute atomic E-state index is 5.32. The number of hydrogen-bond acceptors (Lipinski definition) is 5. The van der Waals surface area contributed by atoms with E-state index in [1.54, 1.807) is 0 Å². The fraction of sp³-hybridized carbons (Fsp3) is 0.0909. The molecule has 0 saturated heterocycles. The van der Waals surface area contributed by atoms with Crippen LogP contribution in [0.1, 0.15) is 0 Å². The molecule has 0 bridgehead atoms. The summed E-state index contributed by atoms with van der Waals surface area (Å²) in [6.45, 7) is 0. The molecule has 6 heteroatoms. The van der Waals surface area contributed by atoms with E-state index in [0.717, 1.165) is 22.3 Å². The number of imidazole rings is 1. The van der Waals surface area contributed by atoms with Gasteiger partial charge in [0.05, 0.1) is 23.1 Å². The van der Waals surface area contributed by atoms with Crippen molar-refractivity contribution in [3.8, 4) is 11.3 Å². The van der Waals surface area contributed by atoms with Crippen LogP contribution >= 0.6 is 11.3 Å². The molecule has 0 aliphatic heterocycles. The fourth-order valence-corrected chi connectivity index (χ4v) is 2.40. The van der Waals surface area contributed by atoms with Crippen LogP contribution in [0.3, 0.4) is 0 Å². The molecule has 17 heavy (non-hydrogen) atoms. The Morgan fingerprint density at radius 1 is 1.41 bits per heavy atom. The van der Waals surface area contributed by atoms with E-state index < -0.39 is 0 Å². The van der Waals surface area contributed by atoms with E-state index in [0.29, 0.717) is 5.13 Å². The molecule has 3 rings (SSSR count). The van der Waals surface area contributed by atoms with Gasteiger partial charge in [0, 0.05) is 18.0 Å². The van der Waals surface area contributed by atoms with Gasteiger partial charge in [0.1, 0.15) is 0 Å². The third-order valence-electron chi connectivity index (χ3n) is 2.65. The zero-order valence-electron chi connectivity index (χ0n) is 9.21. The molecule has 0 radical (unpaired) electrons. The van der Waals surface area contributed by atoms with E-state index in [9.17, 15) is 0 Å². The number of aryl methyl sites for hydroxylation is 1. The molecule has 3 N–H and O–H groups in total. The second kappa shape index (κ2) is 3.83. The lowest BCUT2D eigenvalue weighted by Crippen LogP contribution is -2.05. The summed E-state index contributed by atoms with van der Waals surface area (Å²) in [6.07, 6.45) is 1.81. The van der Waals surface area contributed by atoms with Gasteiger partial charge < -0.3 is 4.57 Å². The first kappa shape index (κ1) is 10.2. The number of thiazole rings is 1. The highest BCUT2D eigenvalue weighted by atomic mass is 32.1. The number of benzene rings is 1. The van der Waals surface area contributed by atoms with Crippen molar-refractivity contribution < 1.29 is 0 Å². The lowest BCUT2D eigenvalue weighted by Gasteiger charge is -1.98. The van der Waals surface area contributed by atoms with Gasteiger partial charge in [-0.25, -0.2) is 15.8 Å². The molecule has 2 heterocycles. The Hall–Kier alpha value is -1.92. The van der Waals surface area contributed by atoms with Crippen molar-refractivity contribution in [2.45, 2.75) is 0 Å². The molecular formula is C11H11N5S. The summed E-state index contributed by atoms with van der Waals surface area (Å²) in [5.74, 6) is 5.32. The van der Waals surface area contributed by atoms with Crippen molar-refractivity contribution in [2.75, 3.05) is 5.43 Å². The Balaban J connectivity index is 2.11. The van der Waals surface area contributed by atoms with Crippen molar-refractivity contribution in [3.05, 3.63) is 29.9 Å². The van der Waals surface area contributed by atoms with Gasteiger partial charge in [-0.2, -0.15) is 0 Å². The number of nitrogen functional groups attached to an aromatic ring is 1. The van der Waals surface area contributed by atoms with Crippen LogP contribution in [0.4, 0.5) is 5.13 Å². The summed E-state index contributed by atoms with van der Waals surface area (Å²) >= 11 is 1.48. The van der Waals surface area contributed by atoms with E-state index in [1.165, 1.54) is 11.3 Å². The lowest BCUT2D eigenvalue weighted by molar-refractivity contribution is 0.948. The number of hydrazine groups is 1. The molecule has 0 atom stereocenters. The number of nitrogens with zero attached hydrogens (tertiary/aromatic N) is 3. The standard InChI is InChI=1S/C11H11N5S/c1-16-6-13-8-4-7(2-3-10(8)16)9-5-17-11(14-9)15-12/h2-6H,12H2,1H3,(H,14,15). The van der Waals surface area contributed by atoms with Crippen LogP contribution in [0.25, 0.3) is 22.3 Å². The molecule has 2 aromatic heterocycles. The summed E-state index contributed by atoms with van der Waals surface area (Å²) in [5, 5.41) is 2.68. The highest BCUT2D eigenvalue weighted by Gasteiger charge is 2.06. The number of hydrogen-bond donors (Lipinski definition) is 2. The van der Waals surface area contributed by atoms with E-state index in [-0.39, 0.29) is 0 Å². The van der Waals surface area contributed by atoms with E-state index >= 15 is 0 Å². The first-order chi connectivity index (χ1) is 8.28. The minimum atomic E-state index is 0.709. The van der Waals surface area contributed by atoms with E-state index in [1.807, 2.05) is 41.5 Å². The Labute approximate surface area is 102 Å². The average molecular weight is 245 g/mol. The molecule has 0 saturated carbocycles. The van der Waals surface area contributed by atoms with Gasteiger partial charge in [0.15, 0.2) is 5.13 Å². The number of anilines is 1. The largest absolute Gasteiger partial charge is 0.334 e. The molecule has 0 spiro atoms. The average Bonchev–Trinajstić information content (AvgIpc) is 2.96. The first-order valence-corrected chi connectivity index (χ1v) is 5.99. The highest BCUT2D eigenvalue weighted by Crippen LogP contribution is 2.26. The topological polar surface area (TPSA) is 68.8 Å². The van der Waals surface area contributed by atoms with E-state index in [4.69, 9.17) is 5.84 Å².